The second kappa shape index (κ2) is 10.8. The van der Waals surface area contributed by atoms with Gasteiger partial charge in [-0.2, -0.15) is 11.8 Å². The minimum absolute atomic E-state index is 0.263. The Kier molecular flexibility index (Phi) is 7.71. The van der Waals surface area contributed by atoms with Crippen molar-refractivity contribution in [1.29, 1.82) is 0 Å². The number of nitrogens with one attached hydrogen (secondary N) is 2. The van der Waals surface area contributed by atoms with Gasteiger partial charge in [0.05, 0.1) is 7.11 Å². The minimum atomic E-state index is -2.39. The Hall–Kier alpha value is -1.97. The number of thioether (sulfide) groups is 1. The van der Waals surface area contributed by atoms with Gasteiger partial charge in [0.2, 0.25) is 5.91 Å². The van der Waals surface area contributed by atoms with Gasteiger partial charge in [0.15, 0.2) is 0 Å². The van der Waals surface area contributed by atoms with Crippen molar-refractivity contribution < 1.29 is 37.9 Å². The van der Waals surface area contributed by atoms with E-state index in [9.17, 15) is 19.2 Å². The molecule has 0 aliphatic rings. The third-order valence-electron chi connectivity index (χ3n) is 2.71. The van der Waals surface area contributed by atoms with Gasteiger partial charge in [-0.1, -0.05) is 0 Å². The molecule has 0 aromatic carbocycles. The van der Waals surface area contributed by atoms with Crippen molar-refractivity contribution in [3.05, 3.63) is 0 Å². The highest BCUT2D eigenvalue weighted by atomic mass is 32.2. The van der Waals surface area contributed by atoms with E-state index in [4.69, 9.17) is 14.0 Å². The van der Waals surface area contributed by atoms with Crippen molar-refractivity contribution in [3.8, 4) is 0 Å². The molecule has 0 rings (SSSR count). The van der Waals surface area contributed by atoms with Gasteiger partial charge >= 0.3 is 18.0 Å². The lowest BCUT2D eigenvalue weighted by atomic mass is 10.1. The van der Waals surface area contributed by atoms with Crippen LogP contribution in [0.3, 0.4) is 0 Å². The second-order valence-corrected chi connectivity index (χ2v) is 6.65. The van der Waals surface area contributed by atoms with E-state index in [2.05, 4.69) is 15.4 Å². The van der Waals surface area contributed by atoms with E-state index < -0.39 is 54.2 Å². The molecule has 0 aromatic heterocycles. The van der Waals surface area contributed by atoms with Gasteiger partial charge in [-0.15, -0.1) is 0 Å². The van der Waals surface area contributed by atoms with E-state index in [1.54, 1.807) is 20.8 Å². The van der Waals surface area contributed by atoms with Crippen LogP contribution in [0.2, 0.25) is 0 Å². The van der Waals surface area contributed by atoms with E-state index in [-0.39, 0.29) is 12.2 Å². The molecule has 0 fully saturated rings. The fourth-order valence-electron chi connectivity index (χ4n) is 1.65. The maximum Gasteiger partial charge on any atom is 0.408 e. The van der Waals surface area contributed by atoms with Crippen LogP contribution in [0, 0.1) is 0 Å². The first kappa shape index (κ1) is 17.8. The Bertz CT molecular complexity index is 579. The lowest BCUT2D eigenvalue weighted by Gasteiger charge is -2.24. The molecule has 0 unspecified atom stereocenters. The number of alkyl carbamates (subject to hydrolysis) is 1. The summed E-state index contributed by atoms with van der Waals surface area (Å²) in [4.78, 5) is 47.0. The van der Waals surface area contributed by atoms with Gasteiger partial charge in [0.1, 0.15) is 17.7 Å². The maximum absolute atomic E-state index is 12.5. The fraction of sp³-hybridized carbons (Fsp3) is 0.733. The first-order valence-corrected chi connectivity index (χ1v) is 8.36. The summed E-state index contributed by atoms with van der Waals surface area (Å²) in [6.45, 7) is 4.83. The van der Waals surface area contributed by atoms with Crippen LogP contribution in [0.1, 0.15) is 37.7 Å². The molecule has 25 heavy (non-hydrogen) atoms. The molecule has 2 amide bonds. The average molecular weight is 381 g/mol. The average Bonchev–Trinajstić information content (AvgIpc) is 2.51. The molecule has 3 N–H and O–H groups in total. The highest BCUT2D eigenvalue weighted by Gasteiger charge is 2.28. The Balaban J connectivity index is 5.21. The number of carboxylic acids is 1. The molecule has 144 valence electrons. The number of carboxylic acid groups (broad SMARTS) is 1. The van der Waals surface area contributed by atoms with E-state index in [0.29, 0.717) is 11.8 Å². The van der Waals surface area contributed by atoms with E-state index in [0.717, 1.165) is 7.11 Å². The number of aliphatic carboxylic acids is 1. The Morgan fingerprint density at radius 1 is 1.20 bits per heavy atom. The second-order valence-electron chi connectivity index (χ2n) is 6.03. The summed E-state index contributed by atoms with van der Waals surface area (Å²) < 4.78 is 31.1. The number of hydrogen-bond donors (Lipinski definition) is 3. The number of carbonyl (C=O) groups is 4. The van der Waals surface area contributed by atoms with Gasteiger partial charge in [0.25, 0.3) is 0 Å². The molecular weight excluding hydrogens is 352 g/mol. The predicted octanol–water partition coefficient (Wildman–Crippen LogP) is 0.765. The Morgan fingerprint density at radius 3 is 2.32 bits per heavy atom. The van der Waals surface area contributed by atoms with Crippen molar-refractivity contribution in [2.75, 3.05) is 19.0 Å². The van der Waals surface area contributed by atoms with E-state index in [1.165, 1.54) is 0 Å². The number of methoxy groups -OCH3 is 1. The summed E-state index contributed by atoms with van der Waals surface area (Å²) in [5, 5.41) is 13.4. The Labute approximate surface area is 155 Å². The molecule has 0 heterocycles. The zero-order valence-electron chi connectivity index (χ0n) is 17.6. The van der Waals surface area contributed by atoms with Crippen LogP contribution in [-0.2, 0) is 23.9 Å². The van der Waals surface area contributed by atoms with Crippen LogP contribution in [0.25, 0.3) is 0 Å². The lowest BCUT2D eigenvalue weighted by Crippen LogP contribution is -2.53. The van der Waals surface area contributed by atoms with E-state index >= 15 is 0 Å². The third-order valence-corrected chi connectivity index (χ3v) is 3.21. The van der Waals surface area contributed by atoms with Gasteiger partial charge < -0.3 is 25.2 Å². The van der Waals surface area contributed by atoms with E-state index in [1.807, 2.05) is 0 Å². The number of esters is 1. The first-order valence-electron chi connectivity index (χ1n) is 8.88. The molecule has 0 saturated carbocycles. The van der Waals surface area contributed by atoms with Gasteiger partial charge in [-0.05, 0) is 33.4 Å². The van der Waals surface area contributed by atoms with Gasteiger partial charge in [-0.25, -0.2) is 9.59 Å². The van der Waals surface area contributed by atoms with Crippen LogP contribution in [-0.4, -0.2) is 65.8 Å². The monoisotopic (exact) mass is 381 g/mol. The first-order chi connectivity index (χ1) is 12.6. The molecule has 2 atom stereocenters. The highest BCUT2D eigenvalue weighted by molar-refractivity contribution is 7.98. The molecule has 0 aliphatic heterocycles. The largest absolute Gasteiger partial charge is 0.481 e. The third kappa shape index (κ3) is 10.5. The Morgan fingerprint density at radius 2 is 1.84 bits per heavy atom. The fourth-order valence-corrected chi connectivity index (χ4v) is 2.04. The molecule has 0 bridgehead atoms. The maximum atomic E-state index is 12.5. The van der Waals surface area contributed by atoms with Crippen LogP contribution in [0.15, 0.2) is 0 Å². The summed E-state index contributed by atoms with van der Waals surface area (Å²) in [7, 11) is 1.07. The zero-order chi connectivity index (χ0) is 22.1. The standard InChI is InChI=1S/C15H26N2O7S/c1-15(2,3)24-14(22)17-9(6-7-11(18)19)12(20)16-10(8-25-5)13(21)23-4/h9-10H,6-8H2,1-5H3,(H,16,20)(H,17,22)(H,18,19)/t9-,10-/m0/s1/i5D3. The van der Waals surface area contributed by atoms with Crippen molar-refractivity contribution in [1.82, 2.24) is 10.6 Å². The summed E-state index contributed by atoms with van der Waals surface area (Å²) in [5.41, 5.74) is -0.844. The summed E-state index contributed by atoms with van der Waals surface area (Å²) in [6.07, 6.45) is -4.03. The number of amides is 2. The molecule has 0 radical (unpaired) electrons. The van der Waals surface area contributed by atoms with Crippen LogP contribution in [0.4, 0.5) is 4.79 Å². The SMILES string of the molecule is [2H]C([2H])([2H])SC[C@H](NC(=O)[C@H](CCC(=O)O)NC(=O)OC(C)(C)C)C(=O)OC. The summed E-state index contributed by atoms with van der Waals surface area (Å²) in [6, 6.07) is -2.61. The molecule has 10 heteroatoms. The summed E-state index contributed by atoms with van der Waals surface area (Å²) in [5.74, 6) is -3.23. The smallest absolute Gasteiger partial charge is 0.408 e. The lowest BCUT2D eigenvalue weighted by molar-refractivity contribution is -0.144. The van der Waals surface area contributed by atoms with Crippen molar-refractivity contribution in [2.24, 2.45) is 0 Å². The van der Waals surface area contributed by atoms with Gasteiger partial charge in [0, 0.05) is 16.3 Å². The van der Waals surface area contributed by atoms with Crippen LogP contribution in [0.5, 0.6) is 0 Å². The number of carbonyl (C=O) groups excluding carboxylic acids is 3. The topological polar surface area (TPSA) is 131 Å². The van der Waals surface area contributed by atoms with Crippen molar-refractivity contribution >= 4 is 35.7 Å². The number of hydrogen-bond acceptors (Lipinski definition) is 7. The normalized spacial score (nSPS) is 15.6. The van der Waals surface area contributed by atoms with Crippen LogP contribution >= 0.6 is 11.8 Å². The molecule has 0 aromatic rings. The molecule has 0 spiro atoms. The molecule has 0 aliphatic carbocycles. The predicted molar refractivity (Wildman–Crippen MR) is 92.4 cm³/mol. The minimum Gasteiger partial charge on any atom is -0.481 e. The summed E-state index contributed by atoms with van der Waals surface area (Å²) >= 11 is 0.457. The van der Waals surface area contributed by atoms with Crippen molar-refractivity contribution in [3.63, 3.8) is 0 Å². The molecule has 0 saturated heterocycles. The molecule has 9 nitrogen and oxygen atoms in total. The zero-order valence-corrected chi connectivity index (χ0v) is 15.4. The number of rotatable bonds is 9. The highest BCUT2D eigenvalue weighted by Crippen LogP contribution is 2.08. The number of ether oxygens (including phenoxy) is 2. The molecular formula is C15H26N2O7S. The van der Waals surface area contributed by atoms with Gasteiger partial charge in [-0.3, -0.25) is 9.59 Å². The quantitative estimate of drug-likeness (QED) is 0.499. The van der Waals surface area contributed by atoms with Crippen molar-refractivity contribution in [2.45, 2.75) is 51.3 Å². The van der Waals surface area contributed by atoms with Crippen LogP contribution < -0.4 is 10.6 Å².